The fraction of sp³-hybridized carbons (Fsp3) is 0.320. The number of nitrogens with one attached hydrogen (secondary N) is 2. The van der Waals surface area contributed by atoms with Crippen molar-refractivity contribution in [3.63, 3.8) is 0 Å². The Morgan fingerprint density at radius 1 is 1.15 bits per heavy atom. The SMILES string of the molecule is Cc1ccc(NC(=O)Nc2cncc(-c3ccc(N(C)CC4CC(=O)N(C)C4)c(C)c3)n2)cn1. The molecule has 4 rings (SSSR count). The van der Waals surface area contributed by atoms with Gasteiger partial charge < -0.3 is 15.1 Å². The van der Waals surface area contributed by atoms with Gasteiger partial charge in [-0.05, 0) is 43.7 Å². The van der Waals surface area contributed by atoms with Gasteiger partial charge in [-0.1, -0.05) is 6.07 Å². The van der Waals surface area contributed by atoms with E-state index in [0.717, 1.165) is 35.6 Å². The Labute approximate surface area is 199 Å². The summed E-state index contributed by atoms with van der Waals surface area (Å²) in [7, 11) is 3.91. The van der Waals surface area contributed by atoms with Crippen LogP contribution in [0.5, 0.6) is 0 Å². The fourth-order valence-electron chi connectivity index (χ4n) is 4.19. The third kappa shape index (κ3) is 5.48. The Kier molecular flexibility index (Phi) is 6.72. The van der Waals surface area contributed by atoms with Crippen LogP contribution in [0.4, 0.5) is 22.0 Å². The number of nitrogens with zero attached hydrogens (tertiary/aromatic N) is 5. The third-order valence-corrected chi connectivity index (χ3v) is 5.90. The van der Waals surface area contributed by atoms with Gasteiger partial charge in [-0.25, -0.2) is 9.78 Å². The van der Waals surface area contributed by atoms with Crippen LogP contribution in [0.2, 0.25) is 0 Å². The number of likely N-dealkylation sites (tertiary alicyclic amines) is 1. The number of anilines is 3. The van der Waals surface area contributed by atoms with Gasteiger partial charge in [-0.2, -0.15) is 0 Å². The van der Waals surface area contributed by atoms with E-state index in [1.807, 2.05) is 26.1 Å². The van der Waals surface area contributed by atoms with Crippen molar-refractivity contribution in [1.29, 1.82) is 0 Å². The molecule has 3 amide bonds. The second kappa shape index (κ2) is 9.86. The predicted molar refractivity (Wildman–Crippen MR) is 133 cm³/mol. The smallest absolute Gasteiger partial charge is 0.324 e. The summed E-state index contributed by atoms with van der Waals surface area (Å²) in [5, 5.41) is 5.45. The molecule has 1 aliphatic rings. The van der Waals surface area contributed by atoms with Crippen LogP contribution in [0.3, 0.4) is 0 Å². The van der Waals surface area contributed by atoms with Crippen LogP contribution >= 0.6 is 0 Å². The van der Waals surface area contributed by atoms with E-state index in [2.05, 4.69) is 56.6 Å². The van der Waals surface area contributed by atoms with Crippen molar-refractivity contribution in [1.82, 2.24) is 19.9 Å². The maximum Gasteiger partial charge on any atom is 0.324 e. The van der Waals surface area contributed by atoms with E-state index >= 15 is 0 Å². The molecule has 176 valence electrons. The molecular weight excluding hydrogens is 430 g/mol. The number of hydrogen-bond acceptors (Lipinski definition) is 6. The Hall–Kier alpha value is -4.01. The molecule has 0 saturated carbocycles. The molecule has 3 heterocycles. The van der Waals surface area contributed by atoms with Crippen LogP contribution in [0.25, 0.3) is 11.3 Å². The summed E-state index contributed by atoms with van der Waals surface area (Å²) in [6.07, 6.45) is 5.37. The molecule has 34 heavy (non-hydrogen) atoms. The summed E-state index contributed by atoms with van der Waals surface area (Å²) in [6, 6.07) is 9.31. The highest BCUT2D eigenvalue weighted by Crippen LogP contribution is 2.27. The normalized spacial score (nSPS) is 15.4. The number of rotatable bonds is 6. The molecular formula is C25H29N7O2. The first-order valence-electron chi connectivity index (χ1n) is 11.2. The molecule has 1 aromatic carbocycles. The lowest BCUT2D eigenvalue weighted by Gasteiger charge is -2.25. The highest BCUT2D eigenvalue weighted by atomic mass is 16.2. The van der Waals surface area contributed by atoms with Crippen molar-refractivity contribution in [2.75, 3.05) is 42.7 Å². The van der Waals surface area contributed by atoms with Crippen molar-refractivity contribution in [2.45, 2.75) is 20.3 Å². The number of urea groups is 1. The first-order valence-corrected chi connectivity index (χ1v) is 11.2. The molecule has 0 spiro atoms. The van der Waals surface area contributed by atoms with E-state index in [-0.39, 0.29) is 5.91 Å². The molecule has 1 atom stereocenters. The summed E-state index contributed by atoms with van der Waals surface area (Å²) in [6.45, 7) is 5.55. The van der Waals surface area contributed by atoms with Crippen molar-refractivity contribution in [3.05, 3.63) is 60.2 Å². The summed E-state index contributed by atoms with van der Waals surface area (Å²) in [5.41, 5.74) is 5.25. The number of amides is 3. The van der Waals surface area contributed by atoms with Gasteiger partial charge in [0.15, 0.2) is 5.82 Å². The molecule has 9 heteroatoms. The molecule has 0 radical (unpaired) electrons. The molecule has 0 aliphatic carbocycles. The van der Waals surface area contributed by atoms with Gasteiger partial charge in [0.25, 0.3) is 0 Å². The zero-order valence-corrected chi connectivity index (χ0v) is 19.9. The van der Waals surface area contributed by atoms with Crippen LogP contribution in [0, 0.1) is 19.8 Å². The molecule has 2 N–H and O–H groups in total. The van der Waals surface area contributed by atoms with Crippen LogP contribution in [-0.2, 0) is 4.79 Å². The van der Waals surface area contributed by atoms with E-state index < -0.39 is 6.03 Å². The maximum atomic E-state index is 12.3. The lowest BCUT2D eigenvalue weighted by Crippen LogP contribution is -2.27. The summed E-state index contributed by atoms with van der Waals surface area (Å²) < 4.78 is 0. The highest BCUT2D eigenvalue weighted by molar-refractivity contribution is 5.99. The number of pyridine rings is 1. The molecule has 9 nitrogen and oxygen atoms in total. The molecule has 2 aromatic heterocycles. The Bertz CT molecular complexity index is 1200. The van der Waals surface area contributed by atoms with Crippen molar-refractivity contribution < 1.29 is 9.59 Å². The van der Waals surface area contributed by atoms with Crippen molar-refractivity contribution in [3.8, 4) is 11.3 Å². The van der Waals surface area contributed by atoms with Gasteiger partial charge in [-0.15, -0.1) is 0 Å². The standard InChI is InChI=1S/C25H29N7O2/c1-16-9-19(6-8-22(16)31(3)14-18-10-24(33)32(4)15-18)21-12-26-13-23(29-21)30-25(34)28-20-7-5-17(2)27-11-20/h5-9,11-13,18H,10,14-15H2,1-4H3,(H2,28,29,30,34). The molecule has 0 bridgehead atoms. The van der Waals surface area contributed by atoms with Crippen LogP contribution in [-0.4, -0.2) is 59.0 Å². The van der Waals surface area contributed by atoms with Crippen LogP contribution in [0.1, 0.15) is 17.7 Å². The van der Waals surface area contributed by atoms with Crippen molar-refractivity contribution in [2.24, 2.45) is 5.92 Å². The van der Waals surface area contributed by atoms with E-state index in [0.29, 0.717) is 29.5 Å². The van der Waals surface area contributed by atoms with Gasteiger partial charge in [0.05, 0.1) is 30.0 Å². The van der Waals surface area contributed by atoms with Gasteiger partial charge in [0.1, 0.15) is 0 Å². The molecule has 1 aliphatic heterocycles. The molecule has 1 saturated heterocycles. The molecule has 1 fully saturated rings. The van der Waals surface area contributed by atoms with Gasteiger partial charge >= 0.3 is 6.03 Å². The Balaban J connectivity index is 1.42. The Morgan fingerprint density at radius 3 is 2.65 bits per heavy atom. The topological polar surface area (TPSA) is 103 Å². The van der Waals surface area contributed by atoms with E-state index in [1.54, 1.807) is 23.4 Å². The first-order chi connectivity index (χ1) is 16.3. The number of carbonyl (C=O) groups is 2. The number of aromatic nitrogens is 3. The summed E-state index contributed by atoms with van der Waals surface area (Å²) in [5.74, 6) is 0.891. The minimum absolute atomic E-state index is 0.210. The largest absolute Gasteiger partial charge is 0.374 e. The second-order valence-electron chi connectivity index (χ2n) is 8.78. The lowest BCUT2D eigenvalue weighted by molar-refractivity contribution is -0.126. The predicted octanol–water partition coefficient (Wildman–Crippen LogP) is 3.71. The fourth-order valence-corrected chi connectivity index (χ4v) is 4.19. The number of aryl methyl sites for hydroxylation is 2. The van der Waals surface area contributed by atoms with Crippen LogP contribution in [0.15, 0.2) is 48.9 Å². The first kappa shape index (κ1) is 23.2. The third-order valence-electron chi connectivity index (χ3n) is 5.90. The van der Waals surface area contributed by atoms with Gasteiger partial charge in [0.2, 0.25) is 5.91 Å². The van der Waals surface area contributed by atoms with Gasteiger partial charge in [0, 0.05) is 56.5 Å². The van der Waals surface area contributed by atoms with E-state index in [4.69, 9.17) is 0 Å². The average Bonchev–Trinajstić information content (AvgIpc) is 3.11. The minimum atomic E-state index is -0.415. The number of carbonyl (C=O) groups excluding carboxylic acids is 2. The minimum Gasteiger partial charge on any atom is -0.374 e. The van der Waals surface area contributed by atoms with E-state index in [9.17, 15) is 9.59 Å². The Morgan fingerprint density at radius 2 is 1.97 bits per heavy atom. The second-order valence-corrected chi connectivity index (χ2v) is 8.78. The van der Waals surface area contributed by atoms with Gasteiger partial charge in [-0.3, -0.25) is 20.1 Å². The zero-order valence-electron chi connectivity index (χ0n) is 19.9. The summed E-state index contributed by atoms with van der Waals surface area (Å²) in [4.78, 5) is 41.1. The molecule has 1 unspecified atom stereocenters. The van der Waals surface area contributed by atoms with E-state index in [1.165, 1.54) is 6.20 Å². The zero-order chi connectivity index (χ0) is 24.2. The molecule has 3 aromatic rings. The monoisotopic (exact) mass is 459 g/mol. The maximum absolute atomic E-state index is 12.3. The average molecular weight is 460 g/mol. The number of benzene rings is 1. The quantitative estimate of drug-likeness (QED) is 0.582. The van der Waals surface area contributed by atoms with Crippen LogP contribution < -0.4 is 15.5 Å². The van der Waals surface area contributed by atoms with Crippen molar-refractivity contribution >= 4 is 29.1 Å². The lowest BCUT2D eigenvalue weighted by atomic mass is 10.0. The number of hydrogen-bond donors (Lipinski definition) is 2. The summed E-state index contributed by atoms with van der Waals surface area (Å²) >= 11 is 0. The highest BCUT2D eigenvalue weighted by Gasteiger charge is 2.27.